The van der Waals surface area contributed by atoms with E-state index in [4.69, 9.17) is 14.6 Å². The van der Waals surface area contributed by atoms with Crippen LogP contribution in [0.25, 0.3) is 6.08 Å². The highest BCUT2D eigenvalue weighted by molar-refractivity contribution is 7.89. The van der Waals surface area contributed by atoms with Crippen molar-refractivity contribution in [2.75, 3.05) is 19.0 Å². The Hall–Kier alpha value is -3.35. The van der Waals surface area contributed by atoms with Gasteiger partial charge in [0.05, 0.1) is 18.6 Å². The number of rotatable bonds is 9. The van der Waals surface area contributed by atoms with E-state index in [1.807, 2.05) is 6.07 Å². The van der Waals surface area contributed by atoms with Gasteiger partial charge >= 0.3 is 0 Å². The highest BCUT2D eigenvalue weighted by atomic mass is 32.2. The predicted molar refractivity (Wildman–Crippen MR) is 113 cm³/mol. The molecule has 2 rings (SSSR count). The average Bonchev–Trinajstić information content (AvgIpc) is 2.72. The molecule has 0 spiro atoms. The van der Waals surface area contributed by atoms with Crippen molar-refractivity contribution in [3.05, 3.63) is 53.6 Å². The fourth-order valence-corrected chi connectivity index (χ4v) is 2.98. The van der Waals surface area contributed by atoms with Gasteiger partial charge in [-0.05, 0) is 54.5 Å². The molecule has 0 fully saturated rings. The molecule has 2 aromatic rings. The summed E-state index contributed by atoms with van der Waals surface area (Å²) in [4.78, 5) is 12.4. The number of nitrogens with zero attached hydrogens (tertiary/aromatic N) is 1. The number of sulfonamides is 1. The number of nitrogens with two attached hydrogens (primary N) is 1. The van der Waals surface area contributed by atoms with Crippen molar-refractivity contribution in [3.8, 4) is 17.6 Å². The minimum atomic E-state index is -3.83. The Labute approximate surface area is 176 Å². The molecule has 0 saturated heterocycles. The van der Waals surface area contributed by atoms with Crippen LogP contribution < -0.4 is 19.9 Å². The van der Waals surface area contributed by atoms with Gasteiger partial charge in [0, 0.05) is 5.69 Å². The maximum atomic E-state index is 12.4. The molecule has 0 unspecified atom stereocenters. The summed E-state index contributed by atoms with van der Waals surface area (Å²) in [6, 6.07) is 12.3. The fourth-order valence-electron chi connectivity index (χ4n) is 2.46. The Bertz CT molecular complexity index is 1070. The molecular weight excluding hydrogens is 406 g/mol. The topological polar surface area (TPSA) is 132 Å². The molecule has 0 aliphatic carbocycles. The maximum absolute atomic E-state index is 12.4. The Kier molecular flexibility index (Phi) is 7.98. The van der Waals surface area contributed by atoms with Crippen LogP contribution in [0.2, 0.25) is 0 Å². The third-order valence-corrected chi connectivity index (χ3v) is 4.99. The van der Waals surface area contributed by atoms with Gasteiger partial charge < -0.3 is 14.8 Å². The Morgan fingerprint density at radius 1 is 1.20 bits per heavy atom. The average molecular weight is 429 g/mol. The van der Waals surface area contributed by atoms with Crippen LogP contribution in [-0.2, 0) is 14.8 Å². The lowest BCUT2D eigenvalue weighted by molar-refractivity contribution is -0.112. The van der Waals surface area contributed by atoms with E-state index in [-0.39, 0.29) is 10.5 Å². The number of amides is 1. The van der Waals surface area contributed by atoms with E-state index in [0.717, 1.165) is 12.8 Å². The molecular formula is C21H23N3O5S. The highest BCUT2D eigenvalue weighted by Crippen LogP contribution is 2.29. The van der Waals surface area contributed by atoms with Gasteiger partial charge in [-0.25, -0.2) is 13.6 Å². The molecule has 1 amide bonds. The van der Waals surface area contributed by atoms with Gasteiger partial charge in [-0.1, -0.05) is 19.4 Å². The number of nitrogens with one attached hydrogen (secondary N) is 1. The molecule has 0 heterocycles. The second-order valence-corrected chi connectivity index (χ2v) is 7.87. The first-order valence-corrected chi connectivity index (χ1v) is 10.7. The van der Waals surface area contributed by atoms with E-state index in [1.165, 1.54) is 37.5 Å². The van der Waals surface area contributed by atoms with Crippen LogP contribution in [-0.4, -0.2) is 28.0 Å². The van der Waals surface area contributed by atoms with Crippen LogP contribution in [0, 0.1) is 11.3 Å². The smallest absolute Gasteiger partial charge is 0.266 e. The first-order valence-electron chi connectivity index (χ1n) is 9.15. The van der Waals surface area contributed by atoms with Gasteiger partial charge in [-0.2, -0.15) is 5.26 Å². The number of benzene rings is 2. The van der Waals surface area contributed by atoms with Gasteiger partial charge in [0.2, 0.25) is 10.0 Å². The molecule has 0 radical (unpaired) electrons. The second kappa shape index (κ2) is 10.4. The van der Waals surface area contributed by atoms with Crippen LogP contribution in [0.1, 0.15) is 25.3 Å². The Balaban J connectivity index is 2.20. The first-order chi connectivity index (χ1) is 14.3. The molecule has 30 heavy (non-hydrogen) atoms. The van der Waals surface area contributed by atoms with Crippen molar-refractivity contribution in [1.82, 2.24) is 0 Å². The van der Waals surface area contributed by atoms with Gasteiger partial charge in [0.25, 0.3) is 5.91 Å². The molecule has 0 atom stereocenters. The van der Waals surface area contributed by atoms with Crippen LogP contribution in [0.4, 0.5) is 5.69 Å². The lowest BCUT2D eigenvalue weighted by Crippen LogP contribution is -2.14. The third kappa shape index (κ3) is 6.34. The zero-order chi connectivity index (χ0) is 22.1. The summed E-state index contributed by atoms with van der Waals surface area (Å²) in [7, 11) is -2.29. The zero-order valence-corrected chi connectivity index (χ0v) is 17.5. The standard InChI is InChI=1S/C21H23N3O5S/c1-3-4-11-29-20-13-15(5-10-19(20)28-2)12-16(14-22)21(25)24-17-6-8-18(9-7-17)30(23,26)27/h5-10,12-13H,3-4,11H2,1-2H3,(H,24,25)(H2,23,26,27)/b16-12+. The number of anilines is 1. The second-order valence-electron chi connectivity index (χ2n) is 6.31. The zero-order valence-electron chi connectivity index (χ0n) is 16.7. The van der Waals surface area contributed by atoms with Crippen molar-refractivity contribution in [2.24, 2.45) is 5.14 Å². The van der Waals surface area contributed by atoms with E-state index in [2.05, 4.69) is 12.2 Å². The molecule has 8 nitrogen and oxygen atoms in total. The number of carbonyl (C=O) groups excluding carboxylic acids is 1. The summed E-state index contributed by atoms with van der Waals surface area (Å²) in [6.07, 6.45) is 3.30. The SMILES string of the molecule is CCCCOc1cc(/C=C(\C#N)C(=O)Nc2ccc(S(N)(=O)=O)cc2)ccc1OC. The number of primary sulfonamides is 1. The van der Waals surface area contributed by atoms with Gasteiger partial charge in [0.15, 0.2) is 11.5 Å². The molecule has 0 aromatic heterocycles. The Morgan fingerprint density at radius 2 is 1.90 bits per heavy atom. The number of methoxy groups -OCH3 is 1. The van der Waals surface area contributed by atoms with E-state index in [0.29, 0.717) is 29.4 Å². The molecule has 0 saturated carbocycles. The van der Waals surface area contributed by atoms with E-state index < -0.39 is 15.9 Å². The third-order valence-electron chi connectivity index (χ3n) is 4.06. The molecule has 0 aliphatic heterocycles. The normalized spacial score (nSPS) is 11.5. The van der Waals surface area contributed by atoms with Crippen LogP contribution in [0.3, 0.4) is 0 Å². The molecule has 0 bridgehead atoms. The number of ether oxygens (including phenoxy) is 2. The van der Waals surface area contributed by atoms with E-state index in [1.54, 1.807) is 18.2 Å². The minimum absolute atomic E-state index is 0.0783. The maximum Gasteiger partial charge on any atom is 0.266 e. The van der Waals surface area contributed by atoms with E-state index >= 15 is 0 Å². The summed E-state index contributed by atoms with van der Waals surface area (Å²) in [5.41, 5.74) is 0.792. The Morgan fingerprint density at radius 3 is 2.47 bits per heavy atom. The first kappa shape index (κ1) is 22.9. The summed E-state index contributed by atoms with van der Waals surface area (Å²) < 4.78 is 33.6. The summed E-state index contributed by atoms with van der Waals surface area (Å²) in [6.45, 7) is 2.58. The number of nitriles is 1. The fraction of sp³-hybridized carbons (Fsp3) is 0.238. The van der Waals surface area contributed by atoms with Crippen molar-refractivity contribution in [3.63, 3.8) is 0 Å². The van der Waals surface area contributed by atoms with Crippen molar-refractivity contribution in [1.29, 1.82) is 5.26 Å². The number of carbonyl (C=O) groups is 1. The van der Waals surface area contributed by atoms with Crippen molar-refractivity contribution >= 4 is 27.7 Å². The van der Waals surface area contributed by atoms with Crippen LogP contribution in [0.5, 0.6) is 11.5 Å². The van der Waals surface area contributed by atoms with Crippen LogP contribution in [0.15, 0.2) is 52.9 Å². The molecule has 3 N–H and O–H groups in total. The monoisotopic (exact) mass is 429 g/mol. The number of unbranched alkanes of at least 4 members (excludes halogenated alkanes) is 1. The quantitative estimate of drug-likeness (QED) is 0.358. The number of hydrogen-bond donors (Lipinski definition) is 2. The highest BCUT2D eigenvalue weighted by Gasteiger charge is 2.12. The van der Waals surface area contributed by atoms with E-state index in [9.17, 15) is 18.5 Å². The predicted octanol–water partition coefficient (Wildman–Crippen LogP) is 3.07. The molecule has 158 valence electrons. The van der Waals surface area contributed by atoms with Crippen molar-refractivity contribution in [2.45, 2.75) is 24.7 Å². The summed E-state index contributed by atoms with van der Waals surface area (Å²) in [5.74, 6) is 0.447. The van der Waals surface area contributed by atoms with Crippen LogP contribution >= 0.6 is 0 Å². The van der Waals surface area contributed by atoms with Gasteiger partial charge in [-0.3, -0.25) is 4.79 Å². The lowest BCUT2D eigenvalue weighted by atomic mass is 10.1. The van der Waals surface area contributed by atoms with Gasteiger partial charge in [-0.15, -0.1) is 0 Å². The lowest BCUT2D eigenvalue weighted by Gasteiger charge is -2.11. The largest absolute Gasteiger partial charge is 0.493 e. The van der Waals surface area contributed by atoms with Crippen molar-refractivity contribution < 1.29 is 22.7 Å². The molecule has 2 aromatic carbocycles. The molecule has 9 heteroatoms. The minimum Gasteiger partial charge on any atom is -0.493 e. The number of hydrogen-bond acceptors (Lipinski definition) is 6. The van der Waals surface area contributed by atoms with Gasteiger partial charge in [0.1, 0.15) is 11.6 Å². The summed E-state index contributed by atoms with van der Waals surface area (Å²) in [5, 5.41) is 17.0. The molecule has 0 aliphatic rings. The summed E-state index contributed by atoms with van der Waals surface area (Å²) >= 11 is 0.